The van der Waals surface area contributed by atoms with Crippen LogP contribution in [0, 0.1) is 6.92 Å². The SMILES string of the molecule is CSC1=C(c2ccc3occ(C)c3c2)N2CCN=C2S1. The summed E-state index contributed by atoms with van der Waals surface area (Å²) in [6, 6.07) is 6.46. The summed E-state index contributed by atoms with van der Waals surface area (Å²) in [5, 5.41) is 2.35. The van der Waals surface area contributed by atoms with Gasteiger partial charge in [0, 0.05) is 17.5 Å². The molecule has 2 aliphatic rings. The van der Waals surface area contributed by atoms with Crippen molar-refractivity contribution in [1.82, 2.24) is 4.90 Å². The standard InChI is InChI=1S/C15H14N2OS2/c1-9-8-18-12-4-3-10(7-11(9)12)13-14(19-2)20-15-16-5-6-17(13)15/h3-4,7-8H,5-6H2,1-2H3. The van der Waals surface area contributed by atoms with Gasteiger partial charge in [0.25, 0.3) is 0 Å². The molecule has 0 N–H and O–H groups in total. The van der Waals surface area contributed by atoms with Gasteiger partial charge in [-0.25, -0.2) is 0 Å². The molecule has 3 nitrogen and oxygen atoms in total. The molecule has 0 saturated heterocycles. The summed E-state index contributed by atoms with van der Waals surface area (Å²) in [6.07, 6.45) is 3.96. The minimum Gasteiger partial charge on any atom is -0.464 e. The molecule has 0 unspecified atom stereocenters. The van der Waals surface area contributed by atoms with Crippen LogP contribution in [-0.4, -0.2) is 29.4 Å². The highest BCUT2D eigenvalue weighted by atomic mass is 32.2. The van der Waals surface area contributed by atoms with Crippen molar-refractivity contribution in [3.8, 4) is 0 Å². The largest absolute Gasteiger partial charge is 0.464 e. The van der Waals surface area contributed by atoms with Gasteiger partial charge in [0.2, 0.25) is 0 Å². The van der Waals surface area contributed by atoms with Crippen LogP contribution < -0.4 is 0 Å². The van der Waals surface area contributed by atoms with Crippen molar-refractivity contribution >= 4 is 45.4 Å². The van der Waals surface area contributed by atoms with Crippen LogP contribution in [0.3, 0.4) is 0 Å². The van der Waals surface area contributed by atoms with E-state index >= 15 is 0 Å². The summed E-state index contributed by atoms with van der Waals surface area (Å²) >= 11 is 3.59. The Labute approximate surface area is 126 Å². The molecule has 2 aliphatic heterocycles. The van der Waals surface area contributed by atoms with Crippen LogP contribution >= 0.6 is 23.5 Å². The minimum atomic E-state index is 0.903. The predicted molar refractivity (Wildman–Crippen MR) is 88.0 cm³/mol. The van der Waals surface area contributed by atoms with Crippen LogP contribution in [0.5, 0.6) is 0 Å². The van der Waals surface area contributed by atoms with Gasteiger partial charge in [-0.1, -0.05) is 0 Å². The summed E-state index contributed by atoms with van der Waals surface area (Å²) in [4.78, 5) is 6.91. The first kappa shape index (κ1) is 12.4. The highest BCUT2D eigenvalue weighted by molar-refractivity contribution is 8.30. The molecule has 2 aromatic rings. The lowest BCUT2D eigenvalue weighted by molar-refractivity contribution is 0.613. The number of furan rings is 1. The Morgan fingerprint density at radius 3 is 3.15 bits per heavy atom. The van der Waals surface area contributed by atoms with E-state index in [-0.39, 0.29) is 0 Å². The zero-order valence-corrected chi connectivity index (χ0v) is 13.0. The van der Waals surface area contributed by atoms with Gasteiger partial charge >= 0.3 is 0 Å². The summed E-state index contributed by atoms with van der Waals surface area (Å²) in [7, 11) is 0. The molecule has 4 rings (SSSR count). The molecular formula is C15H14N2OS2. The van der Waals surface area contributed by atoms with E-state index in [1.54, 1.807) is 23.5 Å². The third kappa shape index (κ3) is 1.73. The fourth-order valence-corrected chi connectivity index (χ4v) is 4.60. The maximum atomic E-state index is 5.54. The van der Waals surface area contributed by atoms with Gasteiger partial charge < -0.3 is 9.32 Å². The molecule has 20 heavy (non-hydrogen) atoms. The third-order valence-corrected chi connectivity index (χ3v) is 5.90. The average Bonchev–Trinajstić information content (AvgIpc) is 3.12. The Bertz CT molecular complexity index is 760. The number of hydrogen-bond donors (Lipinski definition) is 0. The Kier molecular flexibility index (Phi) is 2.86. The van der Waals surface area contributed by atoms with Gasteiger partial charge in [0.1, 0.15) is 5.58 Å². The zero-order valence-electron chi connectivity index (χ0n) is 11.3. The summed E-state index contributed by atoms with van der Waals surface area (Å²) in [5.74, 6) is 0. The van der Waals surface area contributed by atoms with E-state index in [2.05, 4.69) is 41.3 Å². The molecule has 3 heterocycles. The molecule has 102 valence electrons. The van der Waals surface area contributed by atoms with Gasteiger partial charge in [-0.05, 0) is 48.7 Å². The Hall–Kier alpha value is -1.33. The van der Waals surface area contributed by atoms with Crippen molar-refractivity contribution in [3.05, 3.63) is 39.8 Å². The Morgan fingerprint density at radius 2 is 2.30 bits per heavy atom. The molecule has 0 aliphatic carbocycles. The van der Waals surface area contributed by atoms with Crippen LogP contribution in [0.25, 0.3) is 16.7 Å². The van der Waals surface area contributed by atoms with Gasteiger partial charge in [-0.3, -0.25) is 4.99 Å². The number of fused-ring (bicyclic) bond motifs is 2. The van der Waals surface area contributed by atoms with E-state index in [1.165, 1.54) is 26.4 Å². The first-order valence-electron chi connectivity index (χ1n) is 6.54. The number of thioether (sulfide) groups is 2. The Balaban J connectivity index is 1.88. The smallest absolute Gasteiger partial charge is 0.169 e. The number of aryl methyl sites for hydroxylation is 1. The normalized spacial score (nSPS) is 18.1. The Morgan fingerprint density at radius 1 is 1.40 bits per heavy atom. The van der Waals surface area contributed by atoms with Crippen molar-refractivity contribution in [2.24, 2.45) is 4.99 Å². The monoisotopic (exact) mass is 302 g/mol. The van der Waals surface area contributed by atoms with Crippen molar-refractivity contribution in [1.29, 1.82) is 0 Å². The maximum Gasteiger partial charge on any atom is 0.169 e. The molecule has 1 aromatic carbocycles. The molecule has 0 fully saturated rings. The number of benzene rings is 1. The van der Waals surface area contributed by atoms with Gasteiger partial charge in [0.15, 0.2) is 5.17 Å². The summed E-state index contributed by atoms with van der Waals surface area (Å²) in [6.45, 7) is 3.98. The fourth-order valence-electron chi connectivity index (χ4n) is 2.68. The lowest BCUT2D eigenvalue weighted by Gasteiger charge is -2.17. The molecule has 0 amide bonds. The lowest BCUT2D eigenvalue weighted by atomic mass is 10.1. The topological polar surface area (TPSA) is 28.7 Å². The number of aliphatic imine (C=N–C) groups is 1. The van der Waals surface area contributed by atoms with Crippen LogP contribution in [0.4, 0.5) is 0 Å². The minimum absolute atomic E-state index is 0.903. The van der Waals surface area contributed by atoms with Crippen molar-refractivity contribution in [2.75, 3.05) is 19.3 Å². The highest BCUT2D eigenvalue weighted by Crippen LogP contribution is 2.46. The second-order valence-corrected chi connectivity index (χ2v) is 6.94. The molecule has 0 radical (unpaired) electrons. The molecule has 0 bridgehead atoms. The molecule has 5 heteroatoms. The zero-order chi connectivity index (χ0) is 13.7. The average molecular weight is 302 g/mol. The second-order valence-electron chi connectivity index (χ2n) is 4.89. The number of amidine groups is 1. The summed E-state index contributed by atoms with van der Waals surface area (Å²) < 4.78 is 6.88. The quantitative estimate of drug-likeness (QED) is 0.833. The van der Waals surface area contributed by atoms with Crippen molar-refractivity contribution in [2.45, 2.75) is 6.92 Å². The lowest BCUT2D eigenvalue weighted by Crippen LogP contribution is -2.19. The van der Waals surface area contributed by atoms with Crippen LogP contribution in [0.1, 0.15) is 11.1 Å². The first-order chi connectivity index (χ1) is 9.78. The number of rotatable bonds is 2. The van der Waals surface area contributed by atoms with E-state index in [0.717, 1.165) is 23.8 Å². The molecular weight excluding hydrogens is 288 g/mol. The first-order valence-corrected chi connectivity index (χ1v) is 8.58. The number of nitrogens with zero attached hydrogens (tertiary/aromatic N) is 2. The van der Waals surface area contributed by atoms with E-state index in [0.29, 0.717) is 0 Å². The molecule has 0 saturated carbocycles. The van der Waals surface area contributed by atoms with Gasteiger partial charge in [0.05, 0.1) is 22.7 Å². The molecule has 1 aromatic heterocycles. The second kappa shape index (κ2) is 4.60. The third-order valence-electron chi connectivity index (χ3n) is 3.67. The summed E-state index contributed by atoms with van der Waals surface area (Å²) in [5.41, 5.74) is 4.71. The predicted octanol–water partition coefficient (Wildman–Crippen LogP) is 4.15. The fraction of sp³-hybridized carbons (Fsp3) is 0.267. The highest BCUT2D eigenvalue weighted by Gasteiger charge is 2.32. The molecule has 0 spiro atoms. The van der Waals surface area contributed by atoms with Gasteiger partial charge in [-0.2, -0.15) is 0 Å². The van der Waals surface area contributed by atoms with Crippen LogP contribution in [-0.2, 0) is 0 Å². The van der Waals surface area contributed by atoms with E-state index in [4.69, 9.17) is 4.42 Å². The van der Waals surface area contributed by atoms with Crippen LogP contribution in [0.15, 0.2) is 38.1 Å². The number of hydrogen-bond acceptors (Lipinski definition) is 5. The van der Waals surface area contributed by atoms with Crippen LogP contribution in [0.2, 0.25) is 0 Å². The van der Waals surface area contributed by atoms with Gasteiger partial charge in [-0.15, -0.1) is 11.8 Å². The van der Waals surface area contributed by atoms with Crippen molar-refractivity contribution < 1.29 is 4.42 Å². The molecule has 0 atom stereocenters. The van der Waals surface area contributed by atoms with E-state index < -0.39 is 0 Å². The van der Waals surface area contributed by atoms with Crippen molar-refractivity contribution in [3.63, 3.8) is 0 Å². The van der Waals surface area contributed by atoms with E-state index in [1.807, 2.05) is 6.26 Å². The maximum absolute atomic E-state index is 5.54. The van der Waals surface area contributed by atoms with E-state index in [9.17, 15) is 0 Å².